The van der Waals surface area contributed by atoms with Gasteiger partial charge in [-0.05, 0) is 32.1 Å². The summed E-state index contributed by atoms with van der Waals surface area (Å²) < 4.78 is 7.35. The number of aliphatic hydroxyl groups excluding tert-OH is 1. The van der Waals surface area contributed by atoms with Crippen molar-refractivity contribution >= 4 is 11.0 Å². The van der Waals surface area contributed by atoms with Gasteiger partial charge in [0.05, 0.1) is 31.3 Å². The average molecular weight is 291 g/mol. The number of hydrogen-bond acceptors (Lipinski definition) is 4. The molecule has 21 heavy (non-hydrogen) atoms. The second-order valence-corrected chi connectivity index (χ2v) is 5.35. The zero-order valence-corrected chi connectivity index (χ0v) is 13.2. The summed E-state index contributed by atoms with van der Waals surface area (Å²) in [5.41, 5.74) is 1.96. The summed E-state index contributed by atoms with van der Waals surface area (Å²) in [6, 6.07) is 5.88. The summed E-state index contributed by atoms with van der Waals surface area (Å²) >= 11 is 0. The fourth-order valence-electron chi connectivity index (χ4n) is 2.51. The van der Waals surface area contributed by atoms with E-state index in [0.29, 0.717) is 6.54 Å². The zero-order valence-electron chi connectivity index (χ0n) is 13.2. The van der Waals surface area contributed by atoms with Crippen LogP contribution in [0.4, 0.5) is 0 Å². The minimum Gasteiger partial charge on any atom is -0.497 e. The van der Waals surface area contributed by atoms with E-state index in [-0.39, 0.29) is 6.61 Å². The van der Waals surface area contributed by atoms with E-state index in [4.69, 9.17) is 9.72 Å². The van der Waals surface area contributed by atoms with Crippen LogP contribution in [0.5, 0.6) is 5.75 Å². The number of fused-ring (bicyclic) bond motifs is 1. The first-order chi connectivity index (χ1) is 10.2. The van der Waals surface area contributed by atoms with Crippen LogP contribution in [0.2, 0.25) is 0 Å². The maximum atomic E-state index is 9.31. The van der Waals surface area contributed by atoms with E-state index in [9.17, 15) is 5.11 Å². The molecule has 1 heterocycles. The van der Waals surface area contributed by atoms with Crippen LogP contribution in [0.25, 0.3) is 11.0 Å². The average Bonchev–Trinajstić information content (AvgIpc) is 2.82. The minimum absolute atomic E-state index is 0.114. The van der Waals surface area contributed by atoms with E-state index in [1.54, 1.807) is 7.11 Å². The number of imidazole rings is 1. The predicted molar refractivity (Wildman–Crippen MR) is 84.6 cm³/mol. The van der Waals surface area contributed by atoms with Crippen molar-refractivity contribution < 1.29 is 9.84 Å². The van der Waals surface area contributed by atoms with E-state index in [1.807, 2.05) is 18.2 Å². The van der Waals surface area contributed by atoms with E-state index < -0.39 is 0 Å². The molecule has 0 amide bonds. The van der Waals surface area contributed by atoms with Crippen molar-refractivity contribution in [2.75, 3.05) is 27.3 Å². The number of aromatic nitrogens is 2. The molecule has 0 saturated heterocycles. The highest BCUT2D eigenvalue weighted by Gasteiger charge is 2.12. The highest BCUT2D eigenvalue weighted by molar-refractivity contribution is 5.77. The van der Waals surface area contributed by atoms with Gasteiger partial charge < -0.3 is 14.4 Å². The maximum Gasteiger partial charge on any atom is 0.124 e. The van der Waals surface area contributed by atoms with Crippen LogP contribution in [0, 0.1) is 0 Å². The van der Waals surface area contributed by atoms with Crippen LogP contribution < -0.4 is 4.74 Å². The Kier molecular flexibility index (Phi) is 5.59. The lowest BCUT2D eigenvalue weighted by molar-refractivity contribution is 0.267. The third-order valence-corrected chi connectivity index (χ3v) is 3.66. The van der Waals surface area contributed by atoms with Gasteiger partial charge in [0.15, 0.2) is 0 Å². The molecule has 0 fully saturated rings. The van der Waals surface area contributed by atoms with Crippen molar-refractivity contribution in [1.82, 2.24) is 14.5 Å². The van der Waals surface area contributed by atoms with Crippen molar-refractivity contribution in [1.29, 1.82) is 0 Å². The fraction of sp³-hybridized carbons (Fsp3) is 0.562. The van der Waals surface area contributed by atoms with Crippen molar-refractivity contribution in [3.05, 3.63) is 24.0 Å². The number of aliphatic hydroxyl groups is 1. The van der Waals surface area contributed by atoms with Crippen LogP contribution >= 0.6 is 0 Å². The lowest BCUT2D eigenvalue weighted by Crippen LogP contribution is -2.22. The molecule has 0 radical (unpaired) electrons. The summed E-state index contributed by atoms with van der Waals surface area (Å²) in [6.45, 7) is 4.73. The van der Waals surface area contributed by atoms with Crippen LogP contribution in [-0.4, -0.2) is 46.9 Å². The van der Waals surface area contributed by atoms with E-state index in [1.165, 1.54) is 12.8 Å². The monoisotopic (exact) mass is 291 g/mol. The molecule has 1 N–H and O–H groups in total. The molecule has 2 aromatic rings. The second-order valence-electron chi connectivity index (χ2n) is 5.35. The maximum absolute atomic E-state index is 9.31. The van der Waals surface area contributed by atoms with Gasteiger partial charge in [0, 0.05) is 12.6 Å². The third-order valence-electron chi connectivity index (χ3n) is 3.66. The quantitative estimate of drug-likeness (QED) is 0.810. The number of nitrogens with zero attached hydrogens (tertiary/aromatic N) is 3. The Morgan fingerprint density at radius 3 is 2.86 bits per heavy atom. The van der Waals surface area contributed by atoms with Crippen molar-refractivity contribution in [3.8, 4) is 5.75 Å². The molecule has 5 heteroatoms. The molecule has 0 bridgehead atoms. The minimum atomic E-state index is 0.114. The van der Waals surface area contributed by atoms with Crippen LogP contribution in [0.15, 0.2) is 18.2 Å². The van der Waals surface area contributed by atoms with Gasteiger partial charge in [-0.1, -0.05) is 13.3 Å². The Morgan fingerprint density at radius 2 is 2.19 bits per heavy atom. The number of hydrogen-bond donors (Lipinski definition) is 1. The predicted octanol–water partition coefficient (Wildman–Crippen LogP) is 2.27. The normalized spacial score (nSPS) is 11.5. The molecule has 0 aliphatic rings. The van der Waals surface area contributed by atoms with Gasteiger partial charge >= 0.3 is 0 Å². The molecular formula is C16H25N3O2. The molecule has 1 aromatic heterocycles. The van der Waals surface area contributed by atoms with Gasteiger partial charge in [0.2, 0.25) is 0 Å². The Balaban J connectivity index is 2.30. The Bertz CT molecular complexity index is 580. The summed E-state index contributed by atoms with van der Waals surface area (Å²) in [5.74, 6) is 1.80. The summed E-state index contributed by atoms with van der Waals surface area (Å²) in [5, 5.41) is 9.31. The Labute approximate surface area is 126 Å². The van der Waals surface area contributed by atoms with Crippen molar-refractivity contribution in [3.63, 3.8) is 0 Å². The van der Waals surface area contributed by atoms with Gasteiger partial charge in [-0.15, -0.1) is 0 Å². The molecule has 0 aliphatic heterocycles. The first-order valence-corrected chi connectivity index (χ1v) is 7.52. The molecule has 0 saturated carbocycles. The molecule has 0 unspecified atom stereocenters. The number of benzene rings is 1. The topological polar surface area (TPSA) is 50.5 Å². The number of methoxy groups -OCH3 is 1. The lowest BCUT2D eigenvalue weighted by Gasteiger charge is -2.16. The highest BCUT2D eigenvalue weighted by Crippen LogP contribution is 2.22. The highest BCUT2D eigenvalue weighted by atomic mass is 16.5. The van der Waals surface area contributed by atoms with Crippen molar-refractivity contribution in [2.45, 2.75) is 32.9 Å². The Morgan fingerprint density at radius 1 is 1.38 bits per heavy atom. The summed E-state index contributed by atoms with van der Waals surface area (Å²) in [6.07, 6.45) is 2.37. The van der Waals surface area contributed by atoms with Gasteiger partial charge in [0.25, 0.3) is 0 Å². The first-order valence-electron chi connectivity index (χ1n) is 7.52. The SMILES string of the molecule is CCCCN(C)Cc1nc2cc(OC)ccc2n1CCO. The Hall–Kier alpha value is -1.59. The lowest BCUT2D eigenvalue weighted by atomic mass is 10.3. The number of unbranched alkanes of at least 4 members (excludes halogenated alkanes) is 1. The molecule has 0 atom stereocenters. The molecular weight excluding hydrogens is 266 g/mol. The van der Waals surface area contributed by atoms with E-state index in [2.05, 4.69) is 23.4 Å². The number of ether oxygens (including phenoxy) is 1. The van der Waals surface area contributed by atoms with Gasteiger partial charge in [-0.3, -0.25) is 4.90 Å². The van der Waals surface area contributed by atoms with Gasteiger partial charge in [-0.25, -0.2) is 4.98 Å². The second kappa shape index (κ2) is 7.43. The van der Waals surface area contributed by atoms with Gasteiger partial charge in [-0.2, -0.15) is 0 Å². The molecule has 0 spiro atoms. The molecule has 0 aliphatic carbocycles. The van der Waals surface area contributed by atoms with Gasteiger partial charge in [0.1, 0.15) is 11.6 Å². The zero-order chi connectivity index (χ0) is 15.2. The standard InChI is InChI=1S/C16H25N3O2/c1-4-5-8-18(2)12-16-17-14-11-13(21-3)6-7-15(14)19(16)9-10-20/h6-7,11,20H,4-5,8-10,12H2,1-3H3. The van der Waals surface area contributed by atoms with E-state index >= 15 is 0 Å². The van der Waals surface area contributed by atoms with Crippen LogP contribution in [-0.2, 0) is 13.1 Å². The summed E-state index contributed by atoms with van der Waals surface area (Å²) in [7, 11) is 3.77. The molecule has 116 valence electrons. The molecule has 5 nitrogen and oxygen atoms in total. The fourth-order valence-corrected chi connectivity index (χ4v) is 2.51. The molecule has 1 aromatic carbocycles. The molecule has 2 rings (SSSR count). The summed E-state index contributed by atoms with van der Waals surface area (Å²) in [4.78, 5) is 6.99. The smallest absolute Gasteiger partial charge is 0.124 e. The van der Waals surface area contributed by atoms with Crippen molar-refractivity contribution in [2.24, 2.45) is 0 Å². The first kappa shape index (κ1) is 15.8. The van der Waals surface area contributed by atoms with Crippen LogP contribution in [0.1, 0.15) is 25.6 Å². The number of rotatable bonds is 8. The third kappa shape index (κ3) is 3.74. The van der Waals surface area contributed by atoms with Crippen LogP contribution in [0.3, 0.4) is 0 Å². The van der Waals surface area contributed by atoms with E-state index in [0.717, 1.165) is 35.7 Å². The largest absolute Gasteiger partial charge is 0.497 e.